The Bertz CT molecular complexity index is 624. The van der Waals surface area contributed by atoms with E-state index < -0.39 is 21.8 Å². The molecule has 1 aliphatic heterocycles. The van der Waals surface area contributed by atoms with Crippen molar-refractivity contribution < 1.29 is 18.3 Å². The summed E-state index contributed by atoms with van der Waals surface area (Å²) < 4.78 is 22.4. The van der Waals surface area contributed by atoms with Gasteiger partial charge in [0.25, 0.3) is 5.91 Å². The van der Waals surface area contributed by atoms with E-state index in [4.69, 9.17) is 11.6 Å². The number of amides is 1. The second-order valence-electron chi connectivity index (χ2n) is 3.90. The molecule has 1 aromatic rings. The van der Waals surface area contributed by atoms with Gasteiger partial charge in [0, 0.05) is 5.41 Å². The van der Waals surface area contributed by atoms with Crippen LogP contribution in [0.5, 0.6) is 5.75 Å². The van der Waals surface area contributed by atoms with Crippen LogP contribution in [0.1, 0.15) is 10.4 Å². The molecule has 18 heavy (non-hydrogen) atoms. The van der Waals surface area contributed by atoms with Crippen LogP contribution >= 0.6 is 11.6 Å². The molecular weight excluding hydrogens is 278 g/mol. The van der Waals surface area contributed by atoms with Gasteiger partial charge in [0.2, 0.25) is 0 Å². The predicted molar refractivity (Wildman–Crippen MR) is 67.3 cm³/mol. The van der Waals surface area contributed by atoms with Crippen LogP contribution in [0.4, 0.5) is 0 Å². The van der Waals surface area contributed by atoms with E-state index in [1.165, 1.54) is 24.3 Å². The number of sulfone groups is 1. The van der Waals surface area contributed by atoms with Crippen molar-refractivity contribution in [2.75, 3.05) is 5.75 Å². The molecule has 1 unspecified atom stereocenters. The molecule has 0 spiro atoms. The van der Waals surface area contributed by atoms with Crippen LogP contribution in [-0.2, 0) is 9.84 Å². The Kier molecular flexibility index (Phi) is 3.32. The first-order valence-electron chi connectivity index (χ1n) is 5.08. The molecule has 0 fully saturated rings. The standard InChI is InChI=1S/C11H10ClNO4S/c12-10-2-1-8(14)5-9(10)11(15)13-7-3-4-18(16,17)6-7/h1-5,7,14H,6H2,(H,13,15). The van der Waals surface area contributed by atoms with Crippen molar-refractivity contribution in [1.82, 2.24) is 5.32 Å². The Morgan fingerprint density at radius 3 is 2.78 bits per heavy atom. The van der Waals surface area contributed by atoms with Crippen LogP contribution in [0.25, 0.3) is 0 Å². The summed E-state index contributed by atoms with van der Waals surface area (Å²) in [5.74, 6) is -0.767. The average molecular weight is 288 g/mol. The molecule has 0 saturated carbocycles. The smallest absolute Gasteiger partial charge is 0.253 e. The van der Waals surface area contributed by atoms with Crippen LogP contribution < -0.4 is 5.32 Å². The van der Waals surface area contributed by atoms with Crippen LogP contribution in [0, 0.1) is 0 Å². The van der Waals surface area contributed by atoms with E-state index in [0.717, 1.165) is 5.41 Å². The fraction of sp³-hybridized carbons (Fsp3) is 0.182. The summed E-state index contributed by atoms with van der Waals surface area (Å²) in [5, 5.41) is 13.1. The van der Waals surface area contributed by atoms with E-state index in [1.54, 1.807) is 0 Å². The van der Waals surface area contributed by atoms with Gasteiger partial charge in [-0.25, -0.2) is 8.42 Å². The maximum Gasteiger partial charge on any atom is 0.253 e. The first-order chi connectivity index (χ1) is 8.37. The number of hydrogen-bond acceptors (Lipinski definition) is 4. The van der Waals surface area contributed by atoms with Crippen LogP contribution in [-0.4, -0.2) is 31.2 Å². The summed E-state index contributed by atoms with van der Waals surface area (Å²) >= 11 is 5.82. The molecule has 2 rings (SSSR count). The van der Waals surface area contributed by atoms with Gasteiger partial charge in [-0.05, 0) is 24.3 Å². The Balaban J connectivity index is 2.14. The highest BCUT2D eigenvalue weighted by Gasteiger charge is 2.24. The molecule has 5 nitrogen and oxygen atoms in total. The lowest BCUT2D eigenvalue weighted by Crippen LogP contribution is -2.35. The zero-order valence-electron chi connectivity index (χ0n) is 9.13. The predicted octanol–water partition coefficient (Wildman–Crippen LogP) is 1.09. The number of rotatable bonds is 2. The van der Waals surface area contributed by atoms with Crippen molar-refractivity contribution in [3.63, 3.8) is 0 Å². The van der Waals surface area contributed by atoms with Gasteiger partial charge in [-0.3, -0.25) is 4.79 Å². The molecule has 1 heterocycles. The lowest BCUT2D eigenvalue weighted by molar-refractivity contribution is 0.0947. The molecule has 0 aliphatic carbocycles. The van der Waals surface area contributed by atoms with Gasteiger partial charge in [-0.15, -0.1) is 0 Å². The SMILES string of the molecule is O=C(NC1C=CS(=O)(=O)C1)c1cc(O)ccc1Cl. The zero-order chi connectivity index (χ0) is 13.3. The first-order valence-corrected chi connectivity index (χ1v) is 7.17. The molecular formula is C11H10ClNO4S. The van der Waals surface area contributed by atoms with Gasteiger partial charge in [0.05, 0.1) is 22.4 Å². The van der Waals surface area contributed by atoms with Crippen molar-refractivity contribution in [3.8, 4) is 5.75 Å². The number of nitrogens with one attached hydrogen (secondary N) is 1. The van der Waals surface area contributed by atoms with E-state index in [9.17, 15) is 18.3 Å². The summed E-state index contributed by atoms with van der Waals surface area (Å²) in [7, 11) is -3.22. The summed E-state index contributed by atoms with van der Waals surface area (Å²) in [6, 6.07) is 3.41. The lowest BCUT2D eigenvalue weighted by Gasteiger charge is -2.11. The minimum Gasteiger partial charge on any atom is -0.508 e. The summed E-state index contributed by atoms with van der Waals surface area (Å²) in [4.78, 5) is 11.8. The molecule has 1 aliphatic rings. The van der Waals surface area contributed by atoms with Crippen molar-refractivity contribution >= 4 is 27.3 Å². The largest absolute Gasteiger partial charge is 0.508 e. The molecule has 0 saturated heterocycles. The van der Waals surface area contributed by atoms with Crippen LogP contribution in [0.2, 0.25) is 5.02 Å². The van der Waals surface area contributed by atoms with Gasteiger partial charge in [-0.2, -0.15) is 0 Å². The topological polar surface area (TPSA) is 83.5 Å². The number of benzene rings is 1. The maximum absolute atomic E-state index is 11.8. The molecule has 2 N–H and O–H groups in total. The number of aromatic hydroxyl groups is 1. The van der Waals surface area contributed by atoms with Crippen molar-refractivity contribution in [3.05, 3.63) is 40.3 Å². The maximum atomic E-state index is 11.8. The molecule has 1 aromatic carbocycles. The van der Waals surface area contributed by atoms with E-state index >= 15 is 0 Å². The number of phenolic OH excluding ortho intramolecular Hbond substituents is 1. The number of hydrogen-bond donors (Lipinski definition) is 2. The Hall–Kier alpha value is -1.53. The van der Waals surface area contributed by atoms with Gasteiger partial charge < -0.3 is 10.4 Å². The van der Waals surface area contributed by atoms with E-state index in [2.05, 4.69) is 5.32 Å². The quantitative estimate of drug-likeness (QED) is 0.853. The fourth-order valence-electron chi connectivity index (χ4n) is 1.60. The monoisotopic (exact) mass is 287 g/mol. The minimum absolute atomic E-state index is 0.0841. The van der Waals surface area contributed by atoms with Gasteiger partial charge in [0.1, 0.15) is 5.75 Å². The van der Waals surface area contributed by atoms with E-state index in [1.807, 2.05) is 0 Å². The van der Waals surface area contributed by atoms with E-state index in [-0.39, 0.29) is 22.1 Å². The van der Waals surface area contributed by atoms with Crippen molar-refractivity contribution in [1.29, 1.82) is 0 Å². The molecule has 0 aromatic heterocycles. The highest BCUT2D eigenvalue weighted by atomic mass is 35.5. The second-order valence-corrected chi connectivity index (χ2v) is 6.24. The Morgan fingerprint density at radius 1 is 1.44 bits per heavy atom. The zero-order valence-corrected chi connectivity index (χ0v) is 10.7. The summed E-state index contributed by atoms with van der Waals surface area (Å²) in [6.45, 7) is 0. The molecule has 1 atom stereocenters. The Morgan fingerprint density at radius 2 is 2.17 bits per heavy atom. The highest BCUT2D eigenvalue weighted by molar-refractivity contribution is 7.94. The van der Waals surface area contributed by atoms with Crippen LogP contribution in [0.15, 0.2) is 29.7 Å². The first kappa shape index (κ1) is 12.9. The summed E-state index contributed by atoms with van der Waals surface area (Å²) in [5.41, 5.74) is 0.106. The van der Waals surface area contributed by atoms with Crippen molar-refractivity contribution in [2.45, 2.75) is 6.04 Å². The number of phenols is 1. The Labute approximate surface area is 109 Å². The number of halogens is 1. The van der Waals surface area contributed by atoms with Crippen molar-refractivity contribution in [2.24, 2.45) is 0 Å². The second kappa shape index (κ2) is 4.62. The van der Waals surface area contributed by atoms with Crippen LogP contribution in [0.3, 0.4) is 0 Å². The van der Waals surface area contributed by atoms with Gasteiger partial charge >= 0.3 is 0 Å². The van der Waals surface area contributed by atoms with Gasteiger partial charge in [-0.1, -0.05) is 11.6 Å². The molecule has 0 radical (unpaired) electrons. The number of carbonyl (C=O) groups is 1. The minimum atomic E-state index is -3.22. The summed E-state index contributed by atoms with van der Waals surface area (Å²) in [6.07, 6.45) is 1.41. The third-order valence-corrected chi connectivity index (χ3v) is 4.17. The lowest BCUT2D eigenvalue weighted by atomic mass is 10.2. The van der Waals surface area contributed by atoms with E-state index in [0.29, 0.717) is 0 Å². The molecule has 1 amide bonds. The van der Waals surface area contributed by atoms with Gasteiger partial charge in [0.15, 0.2) is 9.84 Å². The average Bonchev–Trinajstić information content (AvgIpc) is 2.61. The third kappa shape index (κ3) is 2.83. The molecule has 7 heteroatoms. The molecule has 96 valence electrons. The number of carbonyl (C=O) groups excluding carboxylic acids is 1. The molecule has 0 bridgehead atoms. The fourth-order valence-corrected chi connectivity index (χ4v) is 3.04. The third-order valence-electron chi connectivity index (χ3n) is 2.44. The normalized spacial score (nSPS) is 20.8. The highest BCUT2D eigenvalue weighted by Crippen LogP contribution is 2.21.